The van der Waals surface area contributed by atoms with Crippen molar-refractivity contribution in [3.63, 3.8) is 0 Å². The summed E-state index contributed by atoms with van der Waals surface area (Å²) in [6, 6.07) is 30.7. The number of rotatable bonds is 4. The van der Waals surface area contributed by atoms with Crippen LogP contribution in [0.3, 0.4) is 0 Å². The van der Waals surface area contributed by atoms with Gasteiger partial charge in [-0.15, -0.1) is 0 Å². The zero-order valence-electron chi connectivity index (χ0n) is 14.3. The Hall–Kier alpha value is -2.43. The third-order valence-electron chi connectivity index (χ3n) is 4.70. The highest BCUT2D eigenvalue weighted by atomic mass is 31.1. The Balaban J connectivity index is 1.82. The third kappa shape index (κ3) is 3.23. The fourth-order valence-corrected chi connectivity index (χ4v) is 6.05. The molecule has 0 heterocycles. The first-order valence-electron chi connectivity index (χ1n) is 8.69. The summed E-state index contributed by atoms with van der Waals surface area (Å²) in [5.74, 6) is 0.368. The van der Waals surface area contributed by atoms with E-state index in [1.54, 1.807) is 0 Å². The number of aryl methyl sites for hydroxylation is 1. The lowest BCUT2D eigenvalue weighted by Crippen LogP contribution is -2.15. The van der Waals surface area contributed by atoms with E-state index in [1.807, 2.05) is 0 Å². The SMILES string of the molecule is Cc1ccccc1C1C=CC=C1P(c1ccccc1)c1ccccc1. The van der Waals surface area contributed by atoms with E-state index >= 15 is 0 Å². The minimum atomic E-state index is -0.529. The van der Waals surface area contributed by atoms with Gasteiger partial charge in [-0.05, 0) is 41.9 Å². The van der Waals surface area contributed by atoms with Crippen LogP contribution in [-0.4, -0.2) is 0 Å². The van der Waals surface area contributed by atoms with Crippen molar-refractivity contribution in [1.29, 1.82) is 0 Å². The van der Waals surface area contributed by atoms with E-state index in [2.05, 4.69) is 110 Å². The Morgan fingerprint density at radius 1 is 0.680 bits per heavy atom. The molecule has 0 nitrogen and oxygen atoms in total. The first-order chi connectivity index (χ1) is 12.3. The molecule has 0 radical (unpaired) electrons. The van der Waals surface area contributed by atoms with E-state index in [0.29, 0.717) is 5.92 Å². The molecule has 0 bridgehead atoms. The largest absolute Gasteiger partial charge is 0.0726 e. The maximum atomic E-state index is 2.35. The summed E-state index contributed by atoms with van der Waals surface area (Å²) in [4.78, 5) is 0. The van der Waals surface area contributed by atoms with Crippen LogP contribution in [0.4, 0.5) is 0 Å². The molecule has 0 spiro atoms. The van der Waals surface area contributed by atoms with E-state index in [-0.39, 0.29) is 0 Å². The van der Waals surface area contributed by atoms with Gasteiger partial charge in [0.05, 0.1) is 0 Å². The second kappa shape index (κ2) is 7.21. The summed E-state index contributed by atoms with van der Waals surface area (Å²) in [5.41, 5.74) is 2.78. The average molecular weight is 340 g/mol. The van der Waals surface area contributed by atoms with Gasteiger partial charge in [0.2, 0.25) is 0 Å². The predicted molar refractivity (Wildman–Crippen MR) is 110 cm³/mol. The van der Waals surface area contributed by atoms with Crippen LogP contribution in [0.15, 0.2) is 108 Å². The second-order valence-electron chi connectivity index (χ2n) is 6.32. The summed E-state index contributed by atoms with van der Waals surface area (Å²) in [6.45, 7) is 2.21. The fourth-order valence-electron chi connectivity index (χ4n) is 3.48. The maximum Gasteiger partial charge on any atom is 0.0285 e. The quantitative estimate of drug-likeness (QED) is 0.537. The van der Waals surface area contributed by atoms with Crippen LogP contribution in [0.5, 0.6) is 0 Å². The highest BCUT2D eigenvalue weighted by Crippen LogP contribution is 2.52. The molecule has 25 heavy (non-hydrogen) atoms. The monoisotopic (exact) mass is 340 g/mol. The summed E-state index contributed by atoms with van der Waals surface area (Å²) in [5, 5.41) is 4.34. The number of benzene rings is 3. The summed E-state index contributed by atoms with van der Waals surface area (Å²) < 4.78 is 0. The molecule has 1 unspecified atom stereocenters. The van der Waals surface area contributed by atoms with Gasteiger partial charge in [0.1, 0.15) is 0 Å². The maximum absolute atomic E-state index is 2.35. The summed E-state index contributed by atoms with van der Waals surface area (Å²) in [7, 11) is -0.529. The van der Waals surface area contributed by atoms with Crippen molar-refractivity contribution in [3.05, 3.63) is 120 Å². The molecule has 3 aromatic carbocycles. The predicted octanol–water partition coefficient (Wildman–Crippen LogP) is 5.67. The zero-order chi connectivity index (χ0) is 17.1. The van der Waals surface area contributed by atoms with Gasteiger partial charge in [0, 0.05) is 5.92 Å². The Bertz CT molecular complexity index is 868. The minimum Gasteiger partial charge on any atom is -0.0726 e. The van der Waals surface area contributed by atoms with Gasteiger partial charge in [0.25, 0.3) is 0 Å². The van der Waals surface area contributed by atoms with Crippen molar-refractivity contribution in [3.8, 4) is 0 Å². The van der Waals surface area contributed by atoms with Gasteiger partial charge in [-0.2, -0.15) is 0 Å². The van der Waals surface area contributed by atoms with E-state index in [9.17, 15) is 0 Å². The first kappa shape index (κ1) is 16.1. The molecule has 0 saturated heterocycles. The molecule has 1 aliphatic rings. The lowest BCUT2D eigenvalue weighted by molar-refractivity contribution is 1.06. The second-order valence-corrected chi connectivity index (χ2v) is 8.54. The normalized spacial score (nSPS) is 16.2. The van der Waals surface area contributed by atoms with Crippen molar-refractivity contribution in [2.45, 2.75) is 12.8 Å². The lowest BCUT2D eigenvalue weighted by Gasteiger charge is -2.26. The molecule has 0 saturated carbocycles. The molecule has 0 aliphatic heterocycles. The molecule has 0 N–H and O–H groups in total. The van der Waals surface area contributed by atoms with Gasteiger partial charge < -0.3 is 0 Å². The number of hydrogen-bond acceptors (Lipinski definition) is 0. The van der Waals surface area contributed by atoms with Crippen LogP contribution in [0.1, 0.15) is 17.0 Å². The highest BCUT2D eigenvalue weighted by molar-refractivity contribution is 7.76. The van der Waals surface area contributed by atoms with Gasteiger partial charge in [-0.25, -0.2) is 0 Å². The fraction of sp³-hybridized carbons (Fsp3) is 0.0833. The van der Waals surface area contributed by atoms with Gasteiger partial charge in [-0.3, -0.25) is 0 Å². The van der Waals surface area contributed by atoms with Crippen molar-refractivity contribution in [1.82, 2.24) is 0 Å². The van der Waals surface area contributed by atoms with Crippen molar-refractivity contribution in [2.75, 3.05) is 0 Å². The van der Waals surface area contributed by atoms with Crippen molar-refractivity contribution in [2.24, 2.45) is 0 Å². The Morgan fingerprint density at radius 3 is 1.84 bits per heavy atom. The third-order valence-corrected chi connectivity index (χ3v) is 7.27. The van der Waals surface area contributed by atoms with Gasteiger partial charge in [0.15, 0.2) is 0 Å². The van der Waals surface area contributed by atoms with Crippen LogP contribution in [0.25, 0.3) is 0 Å². The van der Waals surface area contributed by atoms with Gasteiger partial charge >= 0.3 is 0 Å². The molecule has 3 aromatic rings. The standard InChI is InChI=1S/C24H21P/c1-19-11-8-9-16-22(19)23-17-10-18-24(23)25(20-12-4-2-5-13-20)21-14-6-3-7-15-21/h2-18,23H,1H3. The van der Waals surface area contributed by atoms with E-state index in [1.165, 1.54) is 27.1 Å². The first-order valence-corrected chi connectivity index (χ1v) is 10.0. The minimum absolute atomic E-state index is 0.368. The molecule has 0 fully saturated rings. The van der Waals surface area contributed by atoms with Crippen molar-refractivity contribution < 1.29 is 0 Å². The smallest absolute Gasteiger partial charge is 0.0285 e. The van der Waals surface area contributed by atoms with Crippen LogP contribution >= 0.6 is 7.92 Å². The topological polar surface area (TPSA) is 0 Å². The molecule has 1 heteroatoms. The summed E-state index contributed by atoms with van der Waals surface area (Å²) >= 11 is 0. The van der Waals surface area contributed by atoms with Crippen molar-refractivity contribution >= 4 is 18.5 Å². The summed E-state index contributed by atoms with van der Waals surface area (Å²) in [6.07, 6.45) is 6.91. The van der Waals surface area contributed by atoms with Gasteiger partial charge in [-0.1, -0.05) is 103 Å². The molecule has 122 valence electrons. The zero-order valence-corrected chi connectivity index (χ0v) is 15.2. The lowest BCUT2D eigenvalue weighted by atomic mass is 9.96. The molecule has 1 aliphatic carbocycles. The van der Waals surface area contributed by atoms with Crippen LogP contribution in [0, 0.1) is 6.92 Å². The number of hydrogen-bond donors (Lipinski definition) is 0. The molecular weight excluding hydrogens is 319 g/mol. The van der Waals surface area contributed by atoms with Crippen LogP contribution < -0.4 is 10.6 Å². The van der Waals surface area contributed by atoms with E-state index in [0.717, 1.165) is 0 Å². The van der Waals surface area contributed by atoms with E-state index < -0.39 is 7.92 Å². The molecule has 1 atom stereocenters. The van der Waals surface area contributed by atoms with E-state index in [4.69, 9.17) is 0 Å². The Morgan fingerprint density at radius 2 is 1.24 bits per heavy atom. The molecule has 4 rings (SSSR count). The number of allylic oxidation sites excluding steroid dienone is 4. The van der Waals surface area contributed by atoms with Crippen LogP contribution in [-0.2, 0) is 0 Å². The Kier molecular flexibility index (Phi) is 4.63. The highest BCUT2D eigenvalue weighted by Gasteiger charge is 2.27. The van der Waals surface area contributed by atoms with Crippen LogP contribution in [0.2, 0.25) is 0 Å². The molecule has 0 amide bonds. The molecule has 0 aromatic heterocycles. The Labute approximate surface area is 151 Å². The average Bonchev–Trinajstić information content (AvgIpc) is 3.13. The molecular formula is C24H21P.